The van der Waals surface area contributed by atoms with Crippen molar-refractivity contribution in [3.63, 3.8) is 0 Å². The third-order valence-electron chi connectivity index (χ3n) is 5.94. The highest BCUT2D eigenvalue weighted by molar-refractivity contribution is 5.95. The van der Waals surface area contributed by atoms with Gasteiger partial charge in [-0.2, -0.15) is 0 Å². The Hall–Kier alpha value is -3.22. The van der Waals surface area contributed by atoms with Crippen LogP contribution in [0.4, 0.5) is 19.3 Å². The molecular weight excluding hydrogens is 376 g/mol. The number of nitrogens with zero attached hydrogens (tertiary/aromatic N) is 2. The molecule has 1 N–H and O–H groups in total. The van der Waals surface area contributed by atoms with Crippen LogP contribution in [0, 0.1) is 17.6 Å². The lowest BCUT2D eigenvalue weighted by Crippen LogP contribution is -2.47. The molecule has 3 aliphatic rings. The maximum absolute atomic E-state index is 13.5. The molecule has 1 saturated heterocycles. The lowest BCUT2D eigenvalue weighted by molar-refractivity contribution is -0.132. The fourth-order valence-electron chi connectivity index (χ4n) is 4.52. The Kier molecular flexibility index (Phi) is 4.12. The summed E-state index contributed by atoms with van der Waals surface area (Å²) in [4.78, 5) is 28.4. The van der Waals surface area contributed by atoms with Crippen molar-refractivity contribution >= 4 is 23.2 Å². The number of rotatable bonds is 3. The van der Waals surface area contributed by atoms with E-state index in [2.05, 4.69) is 11.4 Å². The fourth-order valence-corrected chi connectivity index (χ4v) is 4.52. The van der Waals surface area contributed by atoms with Crippen LogP contribution in [0.3, 0.4) is 0 Å². The Bertz CT molecular complexity index is 1030. The number of fused-ring (bicyclic) bond motifs is 3. The van der Waals surface area contributed by atoms with Gasteiger partial charge in [-0.25, -0.2) is 13.6 Å². The summed E-state index contributed by atoms with van der Waals surface area (Å²) in [5.41, 5.74) is 3.37. The number of halogens is 2. The van der Waals surface area contributed by atoms with E-state index in [1.54, 1.807) is 17.0 Å². The van der Waals surface area contributed by atoms with Crippen LogP contribution in [0.1, 0.15) is 17.5 Å². The molecule has 0 spiro atoms. The van der Waals surface area contributed by atoms with Gasteiger partial charge in [0.2, 0.25) is 5.91 Å². The highest BCUT2D eigenvalue weighted by Crippen LogP contribution is 2.42. The Labute approximate surface area is 166 Å². The van der Waals surface area contributed by atoms with Crippen LogP contribution in [0.2, 0.25) is 0 Å². The Balaban J connectivity index is 1.28. The Morgan fingerprint density at radius 3 is 2.59 bits per heavy atom. The van der Waals surface area contributed by atoms with Gasteiger partial charge < -0.3 is 15.1 Å². The SMILES string of the molecule is O=C1Nc2ccc(F)cc2CN1CC(=O)N1C[C@H]2C[C@@H]1C=C2c1ccc(F)cc1. The molecule has 0 saturated carbocycles. The minimum atomic E-state index is -0.374. The number of benzene rings is 2. The summed E-state index contributed by atoms with van der Waals surface area (Å²) in [6, 6.07) is 10.3. The van der Waals surface area contributed by atoms with E-state index in [9.17, 15) is 18.4 Å². The van der Waals surface area contributed by atoms with Gasteiger partial charge in [-0.3, -0.25) is 4.79 Å². The summed E-state index contributed by atoms with van der Waals surface area (Å²) < 4.78 is 26.7. The number of carbonyl (C=O) groups is 2. The Morgan fingerprint density at radius 1 is 1.10 bits per heavy atom. The number of amides is 3. The second-order valence-corrected chi connectivity index (χ2v) is 7.76. The van der Waals surface area contributed by atoms with Gasteiger partial charge >= 0.3 is 6.03 Å². The zero-order valence-corrected chi connectivity index (χ0v) is 15.6. The van der Waals surface area contributed by atoms with Gasteiger partial charge in [0.1, 0.15) is 18.2 Å². The van der Waals surface area contributed by atoms with E-state index >= 15 is 0 Å². The summed E-state index contributed by atoms with van der Waals surface area (Å²) in [6.45, 7) is 0.737. The molecule has 7 heteroatoms. The van der Waals surface area contributed by atoms with Crippen molar-refractivity contribution in [3.8, 4) is 0 Å². The first-order valence-corrected chi connectivity index (χ1v) is 9.59. The molecular formula is C22H19F2N3O2. The number of hydrogen-bond acceptors (Lipinski definition) is 2. The van der Waals surface area contributed by atoms with Gasteiger partial charge in [0.25, 0.3) is 0 Å². The maximum Gasteiger partial charge on any atom is 0.322 e. The number of likely N-dealkylation sites (tertiary alicyclic amines) is 1. The molecule has 5 nitrogen and oxygen atoms in total. The molecule has 3 amide bonds. The molecule has 0 radical (unpaired) electrons. The Morgan fingerprint density at radius 2 is 1.86 bits per heavy atom. The van der Waals surface area contributed by atoms with Gasteiger partial charge in [0.15, 0.2) is 0 Å². The van der Waals surface area contributed by atoms with Gasteiger partial charge in [0.05, 0.1) is 12.6 Å². The summed E-state index contributed by atoms with van der Waals surface area (Å²) in [6.07, 6.45) is 2.92. The van der Waals surface area contributed by atoms with Crippen LogP contribution >= 0.6 is 0 Å². The molecule has 5 rings (SSSR count). The summed E-state index contributed by atoms with van der Waals surface area (Å²) in [5.74, 6) is -0.543. The van der Waals surface area contributed by atoms with E-state index in [0.29, 0.717) is 17.8 Å². The molecule has 1 aliphatic carbocycles. The normalized spacial score (nSPS) is 22.4. The first kappa shape index (κ1) is 17.8. The summed E-state index contributed by atoms with van der Waals surface area (Å²) >= 11 is 0. The topological polar surface area (TPSA) is 52.7 Å². The van der Waals surface area contributed by atoms with E-state index in [-0.39, 0.29) is 48.6 Å². The van der Waals surface area contributed by atoms with Crippen molar-refractivity contribution in [2.24, 2.45) is 5.92 Å². The van der Waals surface area contributed by atoms with Crippen molar-refractivity contribution < 1.29 is 18.4 Å². The number of anilines is 1. The molecule has 2 heterocycles. The van der Waals surface area contributed by atoms with Crippen molar-refractivity contribution in [2.45, 2.75) is 19.0 Å². The molecule has 29 heavy (non-hydrogen) atoms. The molecule has 0 unspecified atom stereocenters. The number of nitrogens with one attached hydrogen (secondary N) is 1. The third-order valence-corrected chi connectivity index (χ3v) is 5.94. The van der Waals surface area contributed by atoms with Crippen LogP contribution in [0.25, 0.3) is 5.57 Å². The van der Waals surface area contributed by atoms with E-state index < -0.39 is 0 Å². The van der Waals surface area contributed by atoms with E-state index in [0.717, 1.165) is 17.6 Å². The summed E-state index contributed by atoms with van der Waals surface area (Å²) in [7, 11) is 0. The molecule has 1 fully saturated rings. The second kappa shape index (κ2) is 6.69. The number of hydrogen-bond donors (Lipinski definition) is 1. The predicted molar refractivity (Wildman–Crippen MR) is 104 cm³/mol. The van der Waals surface area contributed by atoms with Gasteiger partial charge in [-0.15, -0.1) is 0 Å². The zero-order valence-electron chi connectivity index (χ0n) is 15.6. The second-order valence-electron chi connectivity index (χ2n) is 7.76. The van der Waals surface area contributed by atoms with Crippen LogP contribution in [0.15, 0.2) is 48.5 Å². The molecule has 148 valence electrons. The first-order valence-electron chi connectivity index (χ1n) is 9.59. The molecule has 2 aromatic carbocycles. The molecule has 2 aromatic rings. The largest absolute Gasteiger partial charge is 0.334 e. The van der Waals surface area contributed by atoms with Crippen LogP contribution < -0.4 is 5.32 Å². The number of carbonyl (C=O) groups excluding carboxylic acids is 2. The highest BCUT2D eigenvalue weighted by Gasteiger charge is 2.42. The molecule has 2 bridgehead atoms. The van der Waals surface area contributed by atoms with Crippen LogP contribution in [-0.2, 0) is 11.3 Å². The van der Waals surface area contributed by atoms with Crippen molar-refractivity contribution in [1.82, 2.24) is 9.80 Å². The summed E-state index contributed by atoms with van der Waals surface area (Å²) in [5, 5.41) is 2.71. The number of urea groups is 1. The van der Waals surface area contributed by atoms with E-state index in [1.165, 1.54) is 35.2 Å². The lowest BCUT2D eigenvalue weighted by Gasteiger charge is -2.32. The van der Waals surface area contributed by atoms with Crippen molar-refractivity contribution in [2.75, 3.05) is 18.4 Å². The maximum atomic E-state index is 13.5. The van der Waals surface area contributed by atoms with Crippen LogP contribution in [0.5, 0.6) is 0 Å². The predicted octanol–water partition coefficient (Wildman–Crippen LogP) is 3.63. The van der Waals surface area contributed by atoms with Crippen molar-refractivity contribution in [1.29, 1.82) is 0 Å². The average molecular weight is 395 g/mol. The fraction of sp³-hybridized carbons (Fsp3) is 0.273. The van der Waals surface area contributed by atoms with Gasteiger partial charge in [-0.1, -0.05) is 18.2 Å². The minimum absolute atomic E-state index is 0.00913. The quantitative estimate of drug-likeness (QED) is 0.863. The standard InChI is InChI=1S/C22H19F2N3O2/c23-16-3-1-13(2-4-16)19-9-18-8-14(19)11-27(18)21(28)12-26-10-15-7-17(24)5-6-20(15)25-22(26)29/h1-7,9,14,18H,8,10-12H2,(H,25,29)/t14-,18-/m1/s1. The monoisotopic (exact) mass is 395 g/mol. The van der Waals surface area contributed by atoms with Gasteiger partial charge in [-0.05, 0) is 53.5 Å². The molecule has 0 aromatic heterocycles. The van der Waals surface area contributed by atoms with Crippen molar-refractivity contribution in [3.05, 3.63) is 71.3 Å². The minimum Gasteiger partial charge on any atom is -0.334 e. The third kappa shape index (κ3) is 3.16. The lowest BCUT2D eigenvalue weighted by atomic mass is 9.95. The van der Waals surface area contributed by atoms with Crippen LogP contribution in [-0.4, -0.2) is 40.9 Å². The van der Waals surface area contributed by atoms with E-state index in [1.807, 2.05) is 0 Å². The smallest absolute Gasteiger partial charge is 0.322 e. The first-order chi connectivity index (χ1) is 14.0. The van der Waals surface area contributed by atoms with E-state index in [4.69, 9.17) is 0 Å². The molecule has 2 atom stereocenters. The highest BCUT2D eigenvalue weighted by atomic mass is 19.1. The average Bonchev–Trinajstić information content (AvgIpc) is 3.30. The molecule has 2 aliphatic heterocycles. The van der Waals surface area contributed by atoms with Gasteiger partial charge in [0, 0.05) is 18.2 Å². The zero-order chi connectivity index (χ0) is 20.1.